The molecule has 0 saturated carbocycles. The average Bonchev–Trinajstić information content (AvgIpc) is 2.84. The summed E-state index contributed by atoms with van der Waals surface area (Å²) in [5.74, 6) is 1.83. The minimum atomic E-state index is -4.18. The fourth-order valence-corrected chi connectivity index (χ4v) is 5.45. The van der Waals surface area contributed by atoms with E-state index in [-0.39, 0.29) is 17.4 Å². The summed E-state index contributed by atoms with van der Waals surface area (Å²) < 4.78 is 23.7. The molecule has 0 radical (unpaired) electrons. The van der Waals surface area contributed by atoms with Gasteiger partial charge in [-0.3, -0.25) is 0 Å². The zero-order chi connectivity index (χ0) is 25.3. The van der Waals surface area contributed by atoms with E-state index in [4.69, 9.17) is 26.6 Å². The van der Waals surface area contributed by atoms with Crippen molar-refractivity contribution in [2.45, 2.75) is 41.7 Å². The van der Waals surface area contributed by atoms with Gasteiger partial charge in [-0.15, -0.1) is 0 Å². The summed E-state index contributed by atoms with van der Waals surface area (Å²) in [6, 6.07) is 22.6. The van der Waals surface area contributed by atoms with Crippen LogP contribution in [0.5, 0.6) is 11.5 Å². The standard InChI is InChI=1S/C26H29ClNO5PS/c1-2-13-26(28,19-29)14-15-34(30,31)33-25-12-11-23(17-24(25)27)35-22-10-6-9-21(16-22)32-18-20-7-4-3-5-8-20/h3-12,14-17,29H,2,13,18-19,28H2,1H3,(H,30,31). The van der Waals surface area contributed by atoms with Crippen molar-refractivity contribution in [1.29, 1.82) is 0 Å². The first-order chi connectivity index (χ1) is 16.7. The number of ether oxygens (including phenoxy) is 1. The number of rotatable bonds is 12. The monoisotopic (exact) mass is 533 g/mol. The van der Waals surface area contributed by atoms with Gasteiger partial charge in [-0.25, -0.2) is 4.57 Å². The Morgan fingerprint density at radius 2 is 1.83 bits per heavy atom. The molecule has 0 heterocycles. The van der Waals surface area contributed by atoms with Crippen LogP contribution in [0.15, 0.2) is 94.5 Å². The molecular weight excluding hydrogens is 505 g/mol. The molecule has 2 atom stereocenters. The molecule has 35 heavy (non-hydrogen) atoms. The molecule has 9 heteroatoms. The van der Waals surface area contributed by atoms with Gasteiger partial charge < -0.3 is 25.0 Å². The summed E-state index contributed by atoms with van der Waals surface area (Å²) in [5, 5.41) is 9.68. The lowest BCUT2D eigenvalue weighted by molar-refractivity contribution is 0.218. The lowest BCUT2D eigenvalue weighted by Gasteiger charge is -2.22. The zero-order valence-corrected chi connectivity index (χ0v) is 21.8. The van der Waals surface area contributed by atoms with Crippen LogP contribution in [-0.4, -0.2) is 22.1 Å². The van der Waals surface area contributed by atoms with Gasteiger partial charge in [0.25, 0.3) is 0 Å². The summed E-state index contributed by atoms with van der Waals surface area (Å²) in [5.41, 5.74) is 6.03. The smallest absolute Gasteiger partial charge is 0.400 e. The SMILES string of the molecule is CCCC(N)(C=CP(=O)(O)Oc1ccc(Sc2cccc(OCc3ccccc3)c2)cc1Cl)CO. The van der Waals surface area contributed by atoms with Crippen LogP contribution in [0, 0.1) is 0 Å². The highest BCUT2D eigenvalue weighted by Gasteiger charge is 2.24. The van der Waals surface area contributed by atoms with Gasteiger partial charge >= 0.3 is 7.60 Å². The molecule has 3 aromatic rings. The minimum Gasteiger partial charge on any atom is -0.489 e. The fourth-order valence-electron chi connectivity index (χ4n) is 3.22. The van der Waals surface area contributed by atoms with Crippen molar-refractivity contribution in [3.63, 3.8) is 0 Å². The summed E-state index contributed by atoms with van der Waals surface area (Å²) in [6.45, 7) is 2.04. The van der Waals surface area contributed by atoms with E-state index in [1.165, 1.54) is 17.8 Å². The third kappa shape index (κ3) is 8.73. The molecule has 0 saturated heterocycles. The number of hydrogen-bond acceptors (Lipinski definition) is 6. The first-order valence-corrected chi connectivity index (χ1v) is 13.9. The van der Waals surface area contributed by atoms with E-state index in [0.29, 0.717) is 19.4 Å². The maximum Gasteiger partial charge on any atom is 0.400 e. The Bertz CT molecular complexity index is 1190. The van der Waals surface area contributed by atoms with Crippen LogP contribution < -0.4 is 15.0 Å². The van der Waals surface area contributed by atoms with Crippen molar-refractivity contribution >= 4 is 31.0 Å². The lowest BCUT2D eigenvalue weighted by Crippen LogP contribution is -2.41. The van der Waals surface area contributed by atoms with Crippen LogP contribution in [0.3, 0.4) is 0 Å². The molecule has 0 bridgehead atoms. The number of hydrogen-bond donors (Lipinski definition) is 3. The van der Waals surface area contributed by atoms with Crippen LogP contribution in [0.2, 0.25) is 5.02 Å². The second kappa shape index (κ2) is 12.6. The molecule has 0 spiro atoms. The van der Waals surface area contributed by atoms with Gasteiger partial charge in [-0.2, -0.15) is 0 Å². The van der Waals surface area contributed by atoms with Gasteiger partial charge in [0.1, 0.15) is 18.1 Å². The lowest BCUT2D eigenvalue weighted by atomic mass is 9.97. The van der Waals surface area contributed by atoms with Crippen molar-refractivity contribution in [1.82, 2.24) is 0 Å². The van der Waals surface area contributed by atoms with Crippen LogP contribution in [-0.2, 0) is 11.2 Å². The van der Waals surface area contributed by atoms with E-state index >= 15 is 0 Å². The van der Waals surface area contributed by atoms with E-state index in [0.717, 1.165) is 26.9 Å². The van der Waals surface area contributed by atoms with Crippen molar-refractivity contribution < 1.29 is 23.8 Å². The molecule has 0 fully saturated rings. The average molecular weight is 534 g/mol. The van der Waals surface area contributed by atoms with Gasteiger partial charge in [-0.1, -0.05) is 79.2 Å². The molecule has 0 aliphatic carbocycles. The summed E-state index contributed by atoms with van der Waals surface area (Å²) in [4.78, 5) is 12.0. The molecule has 0 aliphatic heterocycles. The van der Waals surface area contributed by atoms with Gasteiger partial charge in [0.2, 0.25) is 0 Å². The van der Waals surface area contributed by atoms with Gasteiger partial charge in [0.15, 0.2) is 0 Å². The maximum absolute atomic E-state index is 12.5. The number of nitrogens with two attached hydrogens (primary N) is 1. The summed E-state index contributed by atoms with van der Waals surface area (Å²) in [6.07, 6.45) is 2.50. The highest BCUT2D eigenvalue weighted by molar-refractivity contribution is 7.99. The van der Waals surface area contributed by atoms with Crippen LogP contribution in [0.1, 0.15) is 25.3 Å². The summed E-state index contributed by atoms with van der Waals surface area (Å²) >= 11 is 7.81. The number of benzene rings is 3. The number of aliphatic hydroxyl groups is 1. The van der Waals surface area contributed by atoms with Gasteiger partial charge in [-0.05, 0) is 48.4 Å². The van der Waals surface area contributed by atoms with Crippen LogP contribution in [0.4, 0.5) is 0 Å². The van der Waals surface area contributed by atoms with Crippen LogP contribution >= 0.6 is 31.0 Å². The molecule has 6 nitrogen and oxygen atoms in total. The minimum absolute atomic E-state index is 0.0774. The van der Waals surface area contributed by atoms with Crippen molar-refractivity contribution in [2.24, 2.45) is 5.73 Å². The topological polar surface area (TPSA) is 102 Å². The van der Waals surface area contributed by atoms with E-state index < -0.39 is 13.1 Å². The second-order valence-electron chi connectivity index (χ2n) is 8.06. The first-order valence-electron chi connectivity index (χ1n) is 11.1. The van der Waals surface area contributed by atoms with Gasteiger partial charge in [0, 0.05) is 15.6 Å². The largest absolute Gasteiger partial charge is 0.489 e. The third-order valence-corrected chi connectivity index (χ3v) is 7.29. The van der Waals surface area contributed by atoms with E-state index in [9.17, 15) is 14.6 Å². The normalized spacial score (nSPS) is 14.9. The Labute approximate surface area is 215 Å². The molecule has 3 rings (SSSR count). The molecule has 3 aromatic carbocycles. The molecule has 0 aromatic heterocycles. The highest BCUT2D eigenvalue weighted by atomic mass is 35.5. The van der Waals surface area contributed by atoms with Gasteiger partial charge in [0.05, 0.1) is 17.2 Å². The Morgan fingerprint density at radius 1 is 1.09 bits per heavy atom. The van der Waals surface area contributed by atoms with Crippen molar-refractivity contribution in [2.75, 3.05) is 6.61 Å². The quantitative estimate of drug-likeness (QED) is 0.224. The predicted molar refractivity (Wildman–Crippen MR) is 141 cm³/mol. The maximum atomic E-state index is 12.5. The Kier molecular flexibility index (Phi) is 9.87. The number of halogens is 1. The molecular formula is C26H29ClNO5PS. The fraction of sp³-hybridized carbons (Fsp3) is 0.231. The second-order valence-corrected chi connectivity index (χ2v) is 11.2. The molecule has 186 valence electrons. The molecule has 0 aliphatic rings. The molecule has 2 unspecified atom stereocenters. The highest BCUT2D eigenvalue weighted by Crippen LogP contribution is 2.47. The summed E-state index contributed by atoms with van der Waals surface area (Å²) in [7, 11) is -4.18. The predicted octanol–water partition coefficient (Wildman–Crippen LogP) is 6.64. The van der Waals surface area contributed by atoms with E-state index in [1.54, 1.807) is 18.2 Å². The Balaban J connectivity index is 1.64. The third-order valence-electron chi connectivity index (χ3n) is 5.03. The first kappa shape index (κ1) is 27.3. The number of aliphatic hydroxyl groups excluding tert-OH is 1. The molecule has 0 amide bonds. The molecule has 4 N–H and O–H groups in total. The van der Waals surface area contributed by atoms with Crippen LogP contribution in [0.25, 0.3) is 0 Å². The zero-order valence-electron chi connectivity index (χ0n) is 19.3. The van der Waals surface area contributed by atoms with E-state index in [1.807, 2.05) is 61.5 Å². The van der Waals surface area contributed by atoms with Crippen molar-refractivity contribution in [3.05, 3.63) is 95.3 Å². The van der Waals surface area contributed by atoms with E-state index in [2.05, 4.69) is 0 Å². The van der Waals surface area contributed by atoms with Crippen molar-refractivity contribution in [3.8, 4) is 11.5 Å². The Morgan fingerprint density at radius 3 is 2.51 bits per heavy atom. The Hall–Kier alpha value is -2.25.